The molecule has 0 saturated carbocycles. The summed E-state index contributed by atoms with van der Waals surface area (Å²) in [5, 5.41) is 2.69. The van der Waals surface area contributed by atoms with Crippen molar-refractivity contribution >= 4 is 0 Å². The van der Waals surface area contributed by atoms with Crippen LogP contribution in [0.2, 0.25) is 0 Å². The third-order valence-corrected chi connectivity index (χ3v) is 1.88. The Labute approximate surface area is 75.8 Å². The summed E-state index contributed by atoms with van der Waals surface area (Å²) in [6.07, 6.45) is 1.09. The Hall–Kier alpha value is -0.970. The van der Waals surface area contributed by atoms with Crippen molar-refractivity contribution in [3.8, 4) is 0 Å². The number of aryl methyl sites for hydroxylation is 1. The van der Waals surface area contributed by atoms with Crippen LogP contribution in [-0.4, -0.2) is 22.0 Å². The summed E-state index contributed by atoms with van der Waals surface area (Å²) >= 11 is 0. The molecule has 0 radical (unpaired) electrons. The predicted octanol–water partition coefficient (Wildman–Crippen LogP) is 1.16. The van der Waals surface area contributed by atoms with Gasteiger partial charge in [0.05, 0.1) is 12.6 Å². The van der Waals surface area contributed by atoms with Crippen LogP contribution in [0.4, 0.5) is 8.78 Å². The molecule has 1 aromatic rings. The van der Waals surface area contributed by atoms with E-state index in [1.54, 1.807) is 17.0 Å². The van der Waals surface area contributed by atoms with Crippen LogP contribution < -0.4 is 5.32 Å². The molecule has 0 aromatic carbocycles. The molecule has 1 N–H and O–H groups in total. The van der Waals surface area contributed by atoms with E-state index in [2.05, 4.69) is 10.3 Å². The summed E-state index contributed by atoms with van der Waals surface area (Å²) in [4.78, 5) is 4.00. The molecule has 1 rings (SSSR count). The molecule has 0 saturated heterocycles. The fraction of sp³-hybridized carbons (Fsp3) is 0.625. The van der Waals surface area contributed by atoms with Crippen LogP contribution in [0.25, 0.3) is 0 Å². The van der Waals surface area contributed by atoms with Crippen molar-refractivity contribution in [3.05, 3.63) is 18.2 Å². The van der Waals surface area contributed by atoms with Crippen molar-refractivity contribution in [1.29, 1.82) is 0 Å². The van der Waals surface area contributed by atoms with E-state index in [0.29, 0.717) is 6.54 Å². The molecule has 0 aliphatic heterocycles. The fourth-order valence-corrected chi connectivity index (χ4v) is 0.908. The number of aromatic nitrogens is 2. The van der Waals surface area contributed by atoms with Crippen molar-refractivity contribution < 1.29 is 8.78 Å². The van der Waals surface area contributed by atoms with Crippen molar-refractivity contribution in [2.24, 2.45) is 7.05 Å². The van der Waals surface area contributed by atoms with Crippen LogP contribution in [0.3, 0.4) is 0 Å². The van der Waals surface area contributed by atoms with Gasteiger partial charge in [-0.25, -0.2) is 13.8 Å². The van der Waals surface area contributed by atoms with E-state index in [9.17, 15) is 8.78 Å². The molecule has 0 spiro atoms. The van der Waals surface area contributed by atoms with Crippen LogP contribution in [0.1, 0.15) is 12.7 Å². The minimum atomic E-state index is -2.33. The molecule has 1 atom stereocenters. The lowest BCUT2D eigenvalue weighted by atomic mass is 10.3. The van der Waals surface area contributed by atoms with Crippen LogP contribution in [0.5, 0.6) is 0 Å². The van der Waals surface area contributed by atoms with Gasteiger partial charge in [0.2, 0.25) is 0 Å². The molecule has 5 heteroatoms. The van der Waals surface area contributed by atoms with Crippen LogP contribution in [0, 0.1) is 0 Å². The Balaban J connectivity index is 2.39. The normalized spacial score (nSPS) is 13.6. The number of imidazole rings is 1. The summed E-state index contributed by atoms with van der Waals surface area (Å²) in [5.41, 5.74) is 0. The highest BCUT2D eigenvalue weighted by molar-refractivity contribution is 4.90. The summed E-state index contributed by atoms with van der Waals surface area (Å²) in [7, 11) is 1.83. The lowest BCUT2D eigenvalue weighted by Crippen LogP contribution is -2.32. The molecular formula is C8H13F2N3. The number of nitrogens with zero attached hydrogens (tertiary/aromatic N) is 2. The van der Waals surface area contributed by atoms with Crippen LogP contribution >= 0.6 is 0 Å². The molecule has 0 amide bonds. The lowest BCUT2D eigenvalue weighted by Gasteiger charge is -2.11. The monoisotopic (exact) mass is 189 g/mol. The summed E-state index contributed by atoms with van der Waals surface area (Å²) in [6.45, 7) is 1.82. The van der Waals surface area contributed by atoms with E-state index >= 15 is 0 Å². The number of hydrogen-bond donors (Lipinski definition) is 1. The van der Waals surface area contributed by atoms with Gasteiger partial charge in [-0.05, 0) is 6.92 Å². The highest BCUT2D eigenvalue weighted by Crippen LogP contribution is 2.01. The van der Waals surface area contributed by atoms with E-state index in [1.165, 1.54) is 6.92 Å². The predicted molar refractivity (Wildman–Crippen MR) is 45.5 cm³/mol. The summed E-state index contributed by atoms with van der Waals surface area (Å²) < 4.78 is 25.9. The Morgan fingerprint density at radius 1 is 1.62 bits per heavy atom. The van der Waals surface area contributed by atoms with Gasteiger partial charge in [-0.1, -0.05) is 0 Å². The summed E-state index contributed by atoms with van der Waals surface area (Å²) in [6, 6.07) is -0.795. The van der Waals surface area contributed by atoms with Crippen LogP contribution in [-0.2, 0) is 13.6 Å². The molecule has 0 aliphatic rings. The topological polar surface area (TPSA) is 29.9 Å². The third-order valence-electron chi connectivity index (χ3n) is 1.88. The Bertz CT molecular complexity index is 260. The van der Waals surface area contributed by atoms with Gasteiger partial charge in [-0.15, -0.1) is 0 Å². The van der Waals surface area contributed by atoms with Gasteiger partial charge in [-0.2, -0.15) is 0 Å². The van der Waals surface area contributed by atoms with Gasteiger partial charge >= 0.3 is 0 Å². The number of alkyl halides is 2. The van der Waals surface area contributed by atoms with Crippen molar-refractivity contribution in [1.82, 2.24) is 14.9 Å². The molecule has 0 fully saturated rings. The molecule has 1 unspecified atom stereocenters. The maximum atomic E-state index is 12.1. The fourth-order valence-electron chi connectivity index (χ4n) is 0.908. The summed E-state index contributed by atoms with van der Waals surface area (Å²) in [5.74, 6) is 0.757. The maximum Gasteiger partial charge on any atom is 0.253 e. The molecule has 3 nitrogen and oxygen atoms in total. The zero-order valence-corrected chi connectivity index (χ0v) is 7.67. The first-order chi connectivity index (χ1) is 6.11. The van der Waals surface area contributed by atoms with Gasteiger partial charge in [0.25, 0.3) is 6.43 Å². The lowest BCUT2D eigenvalue weighted by molar-refractivity contribution is 0.105. The highest BCUT2D eigenvalue weighted by Gasteiger charge is 2.13. The zero-order valence-electron chi connectivity index (χ0n) is 7.67. The average molecular weight is 189 g/mol. The largest absolute Gasteiger partial charge is 0.337 e. The number of halogens is 2. The Kier molecular flexibility index (Phi) is 3.36. The number of nitrogens with one attached hydrogen (secondary N) is 1. The quantitative estimate of drug-likeness (QED) is 0.770. The van der Waals surface area contributed by atoms with Crippen molar-refractivity contribution in [2.75, 3.05) is 0 Å². The van der Waals surface area contributed by atoms with Gasteiger partial charge in [-0.3, -0.25) is 0 Å². The standard InChI is InChI=1S/C8H13F2N3/c1-6(8(9)10)12-5-7-11-3-4-13(7)2/h3-4,6,8,12H,5H2,1-2H3. The zero-order chi connectivity index (χ0) is 9.84. The molecule has 74 valence electrons. The molecular weight excluding hydrogens is 176 g/mol. The van der Waals surface area contributed by atoms with E-state index in [1.807, 2.05) is 7.05 Å². The van der Waals surface area contributed by atoms with E-state index < -0.39 is 12.5 Å². The minimum absolute atomic E-state index is 0.370. The molecule has 13 heavy (non-hydrogen) atoms. The first kappa shape index (κ1) is 10.1. The Morgan fingerprint density at radius 2 is 2.31 bits per heavy atom. The number of hydrogen-bond acceptors (Lipinski definition) is 2. The minimum Gasteiger partial charge on any atom is -0.337 e. The first-order valence-corrected chi connectivity index (χ1v) is 4.09. The first-order valence-electron chi connectivity index (χ1n) is 4.09. The second kappa shape index (κ2) is 4.32. The second-order valence-corrected chi connectivity index (χ2v) is 2.96. The van der Waals surface area contributed by atoms with E-state index in [4.69, 9.17) is 0 Å². The molecule has 0 aliphatic carbocycles. The average Bonchev–Trinajstić information content (AvgIpc) is 2.47. The second-order valence-electron chi connectivity index (χ2n) is 2.96. The SMILES string of the molecule is CC(NCc1nccn1C)C(F)F. The molecule has 1 heterocycles. The maximum absolute atomic E-state index is 12.1. The van der Waals surface area contributed by atoms with Gasteiger partial charge in [0, 0.05) is 19.4 Å². The van der Waals surface area contributed by atoms with Crippen LogP contribution in [0.15, 0.2) is 12.4 Å². The smallest absolute Gasteiger partial charge is 0.253 e. The van der Waals surface area contributed by atoms with Gasteiger partial charge < -0.3 is 9.88 Å². The number of rotatable bonds is 4. The van der Waals surface area contributed by atoms with E-state index in [0.717, 1.165) is 5.82 Å². The Morgan fingerprint density at radius 3 is 2.77 bits per heavy atom. The third kappa shape index (κ3) is 2.77. The van der Waals surface area contributed by atoms with Crippen molar-refractivity contribution in [2.45, 2.75) is 25.9 Å². The van der Waals surface area contributed by atoms with Gasteiger partial charge in [0.15, 0.2) is 0 Å². The van der Waals surface area contributed by atoms with Gasteiger partial charge in [0.1, 0.15) is 5.82 Å². The molecule has 1 aromatic heterocycles. The van der Waals surface area contributed by atoms with E-state index in [-0.39, 0.29) is 0 Å². The van der Waals surface area contributed by atoms with Crippen molar-refractivity contribution in [3.63, 3.8) is 0 Å². The molecule has 0 bridgehead atoms. The highest BCUT2D eigenvalue weighted by atomic mass is 19.3.